The quantitative estimate of drug-likeness (QED) is 0.813. The van der Waals surface area contributed by atoms with E-state index in [0.717, 1.165) is 27.2 Å². The van der Waals surface area contributed by atoms with Crippen LogP contribution in [0.15, 0.2) is 27.1 Å². The number of benzene rings is 1. The van der Waals surface area contributed by atoms with Crippen LogP contribution in [0.1, 0.15) is 22.9 Å². The van der Waals surface area contributed by atoms with Crippen molar-refractivity contribution in [3.05, 3.63) is 45.6 Å². The maximum Gasteiger partial charge on any atom is 0.208 e. The van der Waals surface area contributed by atoms with Gasteiger partial charge >= 0.3 is 0 Å². The Labute approximate surface area is 133 Å². The zero-order valence-electron chi connectivity index (χ0n) is 12.1. The normalized spacial score (nSPS) is 10.4. The molecule has 1 heterocycles. The van der Waals surface area contributed by atoms with Crippen LogP contribution in [0.3, 0.4) is 0 Å². The minimum atomic E-state index is 0.257. The van der Waals surface area contributed by atoms with Gasteiger partial charge in [0.05, 0.1) is 12.2 Å². The molecular formula is C16H17BrN2O2. The molecule has 0 fully saturated rings. The zero-order chi connectivity index (χ0) is 15.2. The average Bonchev–Trinajstić information content (AvgIpc) is 2.77. The highest BCUT2D eigenvalue weighted by molar-refractivity contribution is 9.10. The first-order chi connectivity index (χ1) is 10.1. The lowest BCUT2D eigenvalue weighted by Gasteiger charge is -2.10. The van der Waals surface area contributed by atoms with E-state index in [1.54, 1.807) is 0 Å². The van der Waals surface area contributed by atoms with Gasteiger partial charge < -0.3 is 14.5 Å². The van der Waals surface area contributed by atoms with Crippen LogP contribution in [0.2, 0.25) is 0 Å². The molecule has 110 valence electrons. The second-order valence-corrected chi connectivity index (χ2v) is 5.51. The van der Waals surface area contributed by atoms with Gasteiger partial charge in [0.2, 0.25) is 5.89 Å². The van der Waals surface area contributed by atoms with E-state index in [9.17, 15) is 0 Å². The molecule has 21 heavy (non-hydrogen) atoms. The van der Waals surface area contributed by atoms with Crippen molar-refractivity contribution in [2.45, 2.75) is 26.9 Å². The Morgan fingerprint density at radius 1 is 1.38 bits per heavy atom. The van der Waals surface area contributed by atoms with Crippen molar-refractivity contribution in [2.75, 3.05) is 6.61 Å². The van der Waals surface area contributed by atoms with E-state index in [0.29, 0.717) is 19.0 Å². The second-order valence-electron chi connectivity index (χ2n) is 4.60. The van der Waals surface area contributed by atoms with Gasteiger partial charge in [-0.05, 0) is 32.0 Å². The number of ether oxygens (including phenoxy) is 1. The molecular weight excluding hydrogens is 332 g/mol. The maximum atomic E-state index is 5.53. The maximum absolute atomic E-state index is 5.53. The molecule has 1 N–H and O–H groups in total. The first kappa shape index (κ1) is 15.6. The number of hydrogen-bond acceptors (Lipinski definition) is 4. The highest BCUT2D eigenvalue weighted by Crippen LogP contribution is 2.23. The van der Waals surface area contributed by atoms with Gasteiger partial charge in [-0.15, -0.1) is 6.42 Å². The number of aromatic nitrogens is 1. The monoisotopic (exact) mass is 348 g/mol. The number of hydrogen-bond donors (Lipinski definition) is 1. The summed E-state index contributed by atoms with van der Waals surface area (Å²) in [5, 5.41) is 3.29. The summed E-state index contributed by atoms with van der Waals surface area (Å²) in [4.78, 5) is 4.33. The van der Waals surface area contributed by atoms with Gasteiger partial charge in [0.15, 0.2) is 0 Å². The van der Waals surface area contributed by atoms with Crippen LogP contribution in [-0.4, -0.2) is 11.6 Å². The van der Waals surface area contributed by atoms with E-state index in [-0.39, 0.29) is 6.61 Å². The van der Waals surface area contributed by atoms with Gasteiger partial charge in [-0.1, -0.05) is 21.9 Å². The Hall–Kier alpha value is -1.77. The summed E-state index contributed by atoms with van der Waals surface area (Å²) >= 11 is 3.46. The van der Waals surface area contributed by atoms with Crippen LogP contribution < -0.4 is 10.1 Å². The number of rotatable bonds is 6. The molecule has 0 atom stereocenters. The van der Waals surface area contributed by atoms with E-state index in [2.05, 4.69) is 32.2 Å². The summed E-state index contributed by atoms with van der Waals surface area (Å²) in [5.74, 6) is 4.79. The minimum absolute atomic E-state index is 0.257. The molecule has 0 aliphatic heterocycles. The third kappa shape index (κ3) is 4.35. The fourth-order valence-corrected chi connectivity index (χ4v) is 2.27. The summed E-state index contributed by atoms with van der Waals surface area (Å²) in [7, 11) is 0. The van der Waals surface area contributed by atoms with E-state index in [4.69, 9.17) is 15.6 Å². The Morgan fingerprint density at radius 2 is 2.19 bits per heavy atom. The smallest absolute Gasteiger partial charge is 0.208 e. The van der Waals surface area contributed by atoms with Crippen LogP contribution in [0.4, 0.5) is 0 Å². The van der Waals surface area contributed by atoms with Crippen LogP contribution in [-0.2, 0) is 13.1 Å². The Bertz CT molecular complexity index is 639. The standard InChI is InChI=1S/C16H17BrN2O2/c1-4-7-20-15-6-5-14(17)8-13(15)9-18-10-16-19-11(2)12(3)21-16/h1,5-6,8,18H,7,9-10H2,2-3H3. The van der Waals surface area contributed by atoms with Crippen molar-refractivity contribution in [1.29, 1.82) is 0 Å². The van der Waals surface area contributed by atoms with Gasteiger partial charge in [-0.2, -0.15) is 0 Å². The molecule has 1 aromatic heterocycles. The Kier molecular flexibility index (Phi) is 5.43. The number of terminal acetylenes is 1. The van der Waals surface area contributed by atoms with Gasteiger partial charge in [-0.3, -0.25) is 0 Å². The van der Waals surface area contributed by atoms with Crippen molar-refractivity contribution in [1.82, 2.24) is 10.3 Å². The number of aryl methyl sites for hydroxylation is 2. The predicted molar refractivity (Wildman–Crippen MR) is 85.0 cm³/mol. The number of oxazole rings is 1. The molecule has 5 heteroatoms. The fraction of sp³-hybridized carbons (Fsp3) is 0.312. The lowest BCUT2D eigenvalue weighted by molar-refractivity contribution is 0.364. The first-order valence-electron chi connectivity index (χ1n) is 6.58. The van der Waals surface area contributed by atoms with Crippen LogP contribution in [0, 0.1) is 26.2 Å². The lowest BCUT2D eigenvalue weighted by Crippen LogP contribution is -2.14. The highest BCUT2D eigenvalue weighted by atomic mass is 79.9. The topological polar surface area (TPSA) is 47.3 Å². The molecule has 2 aromatic rings. The van der Waals surface area contributed by atoms with Gasteiger partial charge in [0, 0.05) is 16.6 Å². The molecule has 0 saturated heterocycles. The molecule has 0 saturated carbocycles. The summed E-state index contributed by atoms with van der Waals surface area (Å²) in [5.41, 5.74) is 1.95. The van der Waals surface area contributed by atoms with E-state index >= 15 is 0 Å². The lowest BCUT2D eigenvalue weighted by atomic mass is 10.2. The van der Waals surface area contributed by atoms with Crippen LogP contribution >= 0.6 is 15.9 Å². The van der Waals surface area contributed by atoms with Crippen LogP contribution in [0.25, 0.3) is 0 Å². The second kappa shape index (κ2) is 7.30. The van der Waals surface area contributed by atoms with E-state index < -0.39 is 0 Å². The predicted octanol–water partition coefficient (Wildman–Crippen LogP) is 3.36. The molecule has 0 spiro atoms. The molecule has 1 aromatic carbocycles. The molecule has 0 aliphatic rings. The van der Waals surface area contributed by atoms with Gasteiger partial charge in [0.25, 0.3) is 0 Å². The molecule has 2 rings (SSSR count). The van der Waals surface area contributed by atoms with Crippen molar-refractivity contribution < 1.29 is 9.15 Å². The van der Waals surface area contributed by atoms with Gasteiger partial charge in [-0.25, -0.2) is 4.98 Å². The third-order valence-electron chi connectivity index (χ3n) is 3.00. The van der Waals surface area contributed by atoms with Crippen molar-refractivity contribution in [3.63, 3.8) is 0 Å². The minimum Gasteiger partial charge on any atom is -0.481 e. The molecule has 0 bridgehead atoms. The van der Waals surface area contributed by atoms with Crippen molar-refractivity contribution in [2.24, 2.45) is 0 Å². The highest BCUT2D eigenvalue weighted by Gasteiger charge is 2.07. The molecule has 0 aliphatic carbocycles. The van der Waals surface area contributed by atoms with Crippen LogP contribution in [0.5, 0.6) is 5.75 Å². The zero-order valence-corrected chi connectivity index (χ0v) is 13.7. The third-order valence-corrected chi connectivity index (χ3v) is 3.49. The molecule has 0 radical (unpaired) electrons. The number of halogens is 1. The fourth-order valence-electron chi connectivity index (χ4n) is 1.87. The summed E-state index contributed by atoms with van der Waals surface area (Å²) in [6.45, 7) is 5.30. The molecule has 4 nitrogen and oxygen atoms in total. The number of nitrogens with one attached hydrogen (secondary N) is 1. The average molecular weight is 349 g/mol. The Morgan fingerprint density at radius 3 is 2.86 bits per heavy atom. The van der Waals surface area contributed by atoms with Crippen molar-refractivity contribution in [3.8, 4) is 18.1 Å². The summed E-state index contributed by atoms with van der Waals surface area (Å²) in [6, 6.07) is 5.83. The summed E-state index contributed by atoms with van der Waals surface area (Å²) in [6.07, 6.45) is 5.23. The molecule has 0 unspecified atom stereocenters. The summed E-state index contributed by atoms with van der Waals surface area (Å²) < 4.78 is 12.1. The van der Waals surface area contributed by atoms with Gasteiger partial charge in [0.1, 0.15) is 18.1 Å². The van der Waals surface area contributed by atoms with Crippen molar-refractivity contribution >= 4 is 15.9 Å². The van der Waals surface area contributed by atoms with E-state index in [1.807, 2.05) is 32.0 Å². The SMILES string of the molecule is C#CCOc1ccc(Br)cc1CNCc1nc(C)c(C)o1. The Balaban J connectivity index is 1.98. The largest absolute Gasteiger partial charge is 0.481 e. The van der Waals surface area contributed by atoms with E-state index in [1.165, 1.54) is 0 Å². The molecule has 0 amide bonds. The number of nitrogens with zero attached hydrogens (tertiary/aromatic N) is 1. The first-order valence-corrected chi connectivity index (χ1v) is 7.37.